The van der Waals surface area contributed by atoms with Gasteiger partial charge < -0.3 is 0 Å². The van der Waals surface area contributed by atoms with E-state index in [2.05, 4.69) is 10.2 Å². The van der Waals surface area contributed by atoms with Crippen LogP contribution in [0.1, 0.15) is 0 Å². The van der Waals surface area contributed by atoms with Crippen LogP contribution in [-0.2, 0) is 5.11 Å². The lowest BCUT2D eigenvalue weighted by atomic mass is 10.1. The summed E-state index contributed by atoms with van der Waals surface area (Å²) in [5.41, 5.74) is 1.33. The van der Waals surface area contributed by atoms with Gasteiger partial charge in [-0.15, -0.1) is 0 Å². The number of nitrogens with one attached hydrogen (secondary N) is 1. The molecule has 1 aromatic carbocycles. The molecular formula is C9H7N2O. The summed E-state index contributed by atoms with van der Waals surface area (Å²) in [5.74, 6) is 0.00426. The van der Waals surface area contributed by atoms with E-state index in [-0.39, 0.29) is 5.75 Å². The highest BCUT2D eigenvalue weighted by atomic mass is 16.3. The number of aromatic amines is 1. The van der Waals surface area contributed by atoms with Crippen LogP contribution in [0.4, 0.5) is 0 Å². The van der Waals surface area contributed by atoms with E-state index in [9.17, 15) is 5.11 Å². The molecule has 0 fully saturated rings. The van der Waals surface area contributed by atoms with Gasteiger partial charge >= 0.3 is 0 Å². The monoisotopic (exact) mass is 159 g/mol. The Balaban J connectivity index is 2.55. The van der Waals surface area contributed by atoms with E-state index < -0.39 is 0 Å². The zero-order valence-electron chi connectivity index (χ0n) is 6.32. The summed E-state index contributed by atoms with van der Waals surface area (Å²) in [4.78, 5) is 0. The van der Waals surface area contributed by atoms with Crippen LogP contribution in [0.5, 0.6) is 5.75 Å². The quantitative estimate of drug-likeness (QED) is 0.681. The summed E-state index contributed by atoms with van der Waals surface area (Å²) in [6, 6.07) is 8.61. The average Bonchev–Trinajstić information content (AvgIpc) is 2.57. The Labute approximate surface area is 69.7 Å². The molecule has 2 aromatic rings. The lowest BCUT2D eigenvalue weighted by Gasteiger charge is -1.95. The van der Waals surface area contributed by atoms with Crippen LogP contribution < -0.4 is 0 Å². The Kier molecular flexibility index (Phi) is 1.55. The van der Waals surface area contributed by atoms with Crippen molar-refractivity contribution >= 4 is 0 Å². The number of benzene rings is 1. The molecular weight excluding hydrogens is 152 g/mol. The van der Waals surface area contributed by atoms with Crippen LogP contribution in [0.2, 0.25) is 0 Å². The molecule has 0 saturated heterocycles. The first-order valence-corrected chi connectivity index (χ1v) is 3.64. The molecule has 3 heteroatoms. The molecule has 0 aliphatic heterocycles. The molecule has 1 N–H and O–H groups in total. The first kappa shape index (κ1) is 6.91. The van der Waals surface area contributed by atoms with Gasteiger partial charge in [0.05, 0.1) is 5.69 Å². The molecule has 0 unspecified atom stereocenters. The van der Waals surface area contributed by atoms with Gasteiger partial charge in [0, 0.05) is 11.8 Å². The molecule has 1 heterocycles. The van der Waals surface area contributed by atoms with E-state index in [1.165, 1.54) is 6.07 Å². The van der Waals surface area contributed by atoms with Crippen molar-refractivity contribution in [1.82, 2.24) is 10.2 Å². The SMILES string of the molecule is [O]c1ccccc1-c1cc[nH]n1. The van der Waals surface area contributed by atoms with E-state index in [4.69, 9.17) is 0 Å². The van der Waals surface area contributed by atoms with Crippen molar-refractivity contribution in [2.75, 3.05) is 0 Å². The maximum Gasteiger partial charge on any atom is 0.188 e. The predicted molar refractivity (Wildman–Crippen MR) is 44.2 cm³/mol. The molecule has 2 rings (SSSR count). The summed E-state index contributed by atoms with van der Waals surface area (Å²) in [5, 5.41) is 17.9. The molecule has 0 amide bonds. The number of rotatable bonds is 1. The standard InChI is InChI=1S/C9H7N2O/c12-9-4-2-1-3-7(9)8-5-6-10-11-8/h1-6H,(H,10,11). The number of H-pyrrole nitrogens is 1. The van der Waals surface area contributed by atoms with Crippen molar-refractivity contribution in [2.24, 2.45) is 0 Å². The molecule has 1 aromatic heterocycles. The van der Waals surface area contributed by atoms with Crippen molar-refractivity contribution in [3.63, 3.8) is 0 Å². The van der Waals surface area contributed by atoms with Crippen molar-refractivity contribution in [2.45, 2.75) is 0 Å². The average molecular weight is 159 g/mol. The van der Waals surface area contributed by atoms with Gasteiger partial charge in [-0.2, -0.15) is 5.10 Å². The van der Waals surface area contributed by atoms with E-state index >= 15 is 0 Å². The Morgan fingerprint density at radius 1 is 1.17 bits per heavy atom. The van der Waals surface area contributed by atoms with Crippen LogP contribution in [0.3, 0.4) is 0 Å². The Morgan fingerprint density at radius 3 is 2.67 bits per heavy atom. The summed E-state index contributed by atoms with van der Waals surface area (Å²) in [7, 11) is 0. The van der Waals surface area contributed by atoms with Crippen LogP contribution in [-0.4, -0.2) is 10.2 Å². The molecule has 12 heavy (non-hydrogen) atoms. The van der Waals surface area contributed by atoms with Crippen LogP contribution >= 0.6 is 0 Å². The lowest BCUT2D eigenvalue weighted by Crippen LogP contribution is -1.77. The normalized spacial score (nSPS) is 10.0. The molecule has 0 aliphatic rings. The molecule has 1 radical (unpaired) electrons. The largest absolute Gasteiger partial charge is 0.289 e. The highest BCUT2D eigenvalue weighted by Gasteiger charge is 2.04. The van der Waals surface area contributed by atoms with Crippen molar-refractivity contribution in [1.29, 1.82) is 0 Å². The topological polar surface area (TPSA) is 48.6 Å². The van der Waals surface area contributed by atoms with Gasteiger partial charge in [0.15, 0.2) is 5.75 Å². The van der Waals surface area contributed by atoms with E-state index in [1.54, 1.807) is 24.4 Å². The Morgan fingerprint density at radius 2 is 2.00 bits per heavy atom. The molecule has 59 valence electrons. The third-order valence-corrected chi connectivity index (χ3v) is 1.66. The number of hydrogen-bond acceptors (Lipinski definition) is 1. The minimum Gasteiger partial charge on any atom is -0.289 e. The van der Waals surface area contributed by atoms with Crippen LogP contribution in [0.25, 0.3) is 11.3 Å². The fourth-order valence-corrected chi connectivity index (χ4v) is 1.09. The van der Waals surface area contributed by atoms with E-state index in [1.807, 2.05) is 6.07 Å². The fraction of sp³-hybridized carbons (Fsp3) is 0. The Hall–Kier alpha value is -1.77. The summed E-state index contributed by atoms with van der Waals surface area (Å²) >= 11 is 0. The third-order valence-electron chi connectivity index (χ3n) is 1.66. The molecule has 0 spiro atoms. The lowest BCUT2D eigenvalue weighted by molar-refractivity contribution is 0.356. The minimum absolute atomic E-state index is 0.00426. The van der Waals surface area contributed by atoms with Crippen molar-refractivity contribution < 1.29 is 5.11 Å². The van der Waals surface area contributed by atoms with E-state index in [0.717, 1.165) is 0 Å². The summed E-state index contributed by atoms with van der Waals surface area (Å²) in [6.45, 7) is 0. The summed E-state index contributed by atoms with van der Waals surface area (Å²) < 4.78 is 0. The second-order valence-electron chi connectivity index (χ2n) is 2.46. The summed E-state index contributed by atoms with van der Waals surface area (Å²) in [6.07, 6.45) is 1.70. The van der Waals surface area contributed by atoms with Gasteiger partial charge in [-0.25, -0.2) is 0 Å². The molecule has 0 saturated carbocycles. The maximum atomic E-state index is 11.3. The van der Waals surface area contributed by atoms with Gasteiger partial charge in [0.1, 0.15) is 0 Å². The number of nitrogens with zero attached hydrogens (tertiary/aromatic N) is 1. The van der Waals surface area contributed by atoms with E-state index in [0.29, 0.717) is 11.3 Å². The van der Waals surface area contributed by atoms with Crippen molar-refractivity contribution in [3.05, 3.63) is 36.5 Å². The van der Waals surface area contributed by atoms with Gasteiger partial charge in [0.2, 0.25) is 0 Å². The zero-order chi connectivity index (χ0) is 8.39. The van der Waals surface area contributed by atoms with Crippen LogP contribution in [0.15, 0.2) is 36.5 Å². The third kappa shape index (κ3) is 1.05. The highest BCUT2D eigenvalue weighted by Crippen LogP contribution is 2.26. The second kappa shape index (κ2) is 2.70. The number of aromatic nitrogens is 2. The smallest absolute Gasteiger partial charge is 0.188 e. The first-order chi connectivity index (χ1) is 5.88. The zero-order valence-corrected chi connectivity index (χ0v) is 6.32. The number of para-hydroxylation sites is 1. The fourth-order valence-electron chi connectivity index (χ4n) is 1.09. The second-order valence-corrected chi connectivity index (χ2v) is 2.46. The molecule has 3 nitrogen and oxygen atoms in total. The van der Waals surface area contributed by atoms with Crippen molar-refractivity contribution in [3.8, 4) is 17.0 Å². The molecule has 0 atom stereocenters. The van der Waals surface area contributed by atoms with Gasteiger partial charge in [-0.1, -0.05) is 12.1 Å². The minimum atomic E-state index is 0.00426. The first-order valence-electron chi connectivity index (χ1n) is 3.64. The molecule has 0 aliphatic carbocycles. The van der Waals surface area contributed by atoms with Crippen LogP contribution in [0, 0.1) is 0 Å². The highest BCUT2D eigenvalue weighted by molar-refractivity contribution is 5.65. The predicted octanol–water partition coefficient (Wildman–Crippen LogP) is 2.22. The molecule has 0 bridgehead atoms. The van der Waals surface area contributed by atoms with Gasteiger partial charge in [-0.3, -0.25) is 10.2 Å². The van der Waals surface area contributed by atoms with Gasteiger partial charge in [0.25, 0.3) is 0 Å². The Bertz CT molecular complexity index is 368. The van der Waals surface area contributed by atoms with Gasteiger partial charge in [-0.05, 0) is 18.2 Å². The number of hydrogen-bond donors (Lipinski definition) is 1. The maximum absolute atomic E-state index is 11.3.